The molecule has 25 heavy (non-hydrogen) atoms. The third-order valence-electron chi connectivity index (χ3n) is 4.59. The number of carbonyl (C=O) groups is 1. The zero-order valence-corrected chi connectivity index (χ0v) is 14.3. The number of hydrogen-bond acceptors (Lipinski definition) is 6. The molecule has 4 rings (SSSR count). The predicted octanol–water partition coefficient (Wildman–Crippen LogP) is 1.41. The molecule has 0 saturated heterocycles. The molecule has 0 aliphatic carbocycles. The van der Waals surface area contributed by atoms with Crippen LogP contribution in [0.4, 0.5) is 0 Å². The topological polar surface area (TPSA) is 78.7 Å². The lowest BCUT2D eigenvalue weighted by Gasteiger charge is -2.34. The molecule has 1 aromatic heterocycles. The van der Waals surface area contributed by atoms with Gasteiger partial charge in [0.2, 0.25) is 0 Å². The van der Waals surface area contributed by atoms with Crippen LogP contribution in [0.25, 0.3) is 0 Å². The molecule has 0 unspecified atom stereocenters. The number of rotatable bonds is 3. The summed E-state index contributed by atoms with van der Waals surface area (Å²) >= 11 is 0. The Labute approximate surface area is 145 Å². The second-order valence-corrected chi connectivity index (χ2v) is 6.06. The first kappa shape index (κ1) is 15.9. The van der Waals surface area contributed by atoms with Crippen LogP contribution < -0.4 is 9.47 Å². The molecule has 2 aromatic rings. The van der Waals surface area contributed by atoms with Gasteiger partial charge in [-0.05, 0) is 19.1 Å². The van der Waals surface area contributed by atoms with Crippen molar-refractivity contribution < 1.29 is 19.0 Å². The van der Waals surface area contributed by atoms with E-state index in [0.717, 1.165) is 11.6 Å². The highest BCUT2D eigenvalue weighted by atomic mass is 16.6. The maximum absolute atomic E-state index is 13.1. The highest BCUT2D eigenvalue weighted by Crippen LogP contribution is 2.36. The highest BCUT2D eigenvalue weighted by molar-refractivity contribution is 5.98. The normalized spacial score (nSPS) is 18.8. The fourth-order valence-corrected chi connectivity index (χ4v) is 3.35. The van der Waals surface area contributed by atoms with Crippen molar-refractivity contribution in [3.63, 3.8) is 0 Å². The molecule has 0 spiro atoms. The van der Waals surface area contributed by atoms with Crippen molar-refractivity contribution in [3.05, 3.63) is 35.4 Å². The minimum absolute atomic E-state index is 0.0857. The van der Waals surface area contributed by atoms with Crippen molar-refractivity contribution in [2.24, 2.45) is 0 Å². The van der Waals surface area contributed by atoms with Crippen LogP contribution in [0.2, 0.25) is 0 Å². The van der Waals surface area contributed by atoms with Crippen molar-refractivity contribution >= 4 is 5.91 Å². The number of para-hydroxylation sites is 1. The van der Waals surface area contributed by atoms with E-state index in [0.29, 0.717) is 50.0 Å². The number of amides is 1. The van der Waals surface area contributed by atoms with Gasteiger partial charge in [-0.1, -0.05) is 6.07 Å². The van der Waals surface area contributed by atoms with Crippen LogP contribution >= 0.6 is 0 Å². The molecule has 8 heteroatoms. The Kier molecular flexibility index (Phi) is 4.04. The van der Waals surface area contributed by atoms with E-state index in [1.807, 2.05) is 23.6 Å². The lowest BCUT2D eigenvalue weighted by atomic mass is 10.1. The first-order chi connectivity index (χ1) is 12.2. The van der Waals surface area contributed by atoms with Crippen LogP contribution in [-0.4, -0.2) is 52.4 Å². The minimum atomic E-state index is -0.181. The van der Waals surface area contributed by atoms with Crippen molar-refractivity contribution in [3.8, 4) is 11.5 Å². The highest BCUT2D eigenvalue weighted by Gasteiger charge is 2.33. The van der Waals surface area contributed by atoms with E-state index in [1.165, 1.54) is 0 Å². The van der Waals surface area contributed by atoms with Crippen molar-refractivity contribution in [1.29, 1.82) is 0 Å². The fraction of sp³-hybridized carbons (Fsp3) is 0.471. The number of carbonyl (C=O) groups excluding carboxylic acids is 1. The van der Waals surface area contributed by atoms with Gasteiger partial charge >= 0.3 is 0 Å². The number of methoxy groups -OCH3 is 1. The summed E-state index contributed by atoms with van der Waals surface area (Å²) in [5, 5.41) is 8.43. The summed E-state index contributed by atoms with van der Waals surface area (Å²) in [4.78, 5) is 14.9. The monoisotopic (exact) mass is 344 g/mol. The van der Waals surface area contributed by atoms with Gasteiger partial charge in [-0.2, -0.15) is 0 Å². The molecule has 2 aliphatic heterocycles. The first-order valence-corrected chi connectivity index (χ1v) is 8.31. The van der Waals surface area contributed by atoms with Gasteiger partial charge in [0.15, 0.2) is 23.1 Å². The molecule has 8 nitrogen and oxygen atoms in total. The van der Waals surface area contributed by atoms with Crippen LogP contribution in [-0.2, 0) is 17.9 Å². The Morgan fingerprint density at radius 1 is 1.28 bits per heavy atom. The van der Waals surface area contributed by atoms with Gasteiger partial charge < -0.3 is 23.7 Å². The maximum atomic E-state index is 13.1. The van der Waals surface area contributed by atoms with E-state index in [4.69, 9.17) is 14.2 Å². The second kappa shape index (κ2) is 6.36. The molecule has 0 saturated carbocycles. The average Bonchev–Trinajstić information content (AvgIpc) is 3.05. The standard InChI is InChI=1S/C17H20N4O4/c1-11-16-19-18-14(10-23-2)21(16)7-6-20(11)17(22)12-4-3-5-13-15(12)25-9-8-24-13/h3-5,11H,6-10H2,1-2H3/t11-/m0/s1. The molecular weight excluding hydrogens is 324 g/mol. The van der Waals surface area contributed by atoms with Gasteiger partial charge in [-0.3, -0.25) is 4.79 Å². The molecule has 1 aromatic carbocycles. The summed E-state index contributed by atoms with van der Waals surface area (Å²) in [7, 11) is 1.63. The number of hydrogen-bond donors (Lipinski definition) is 0. The summed E-state index contributed by atoms with van der Waals surface area (Å²) in [6.07, 6.45) is 0. The fourth-order valence-electron chi connectivity index (χ4n) is 3.35. The minimum Gasteiger partial charge on any atom is -0.486 e. The molecule has 2 aliphatic rings. The molecule has 0 bridgehead atoms. The van der Waals surface area contributed by atoms with Crippen LogP contribution in [0.3, 0.4) is 0 Å². The number of fused-ring (bicyclic) bond motifs is 2. The first-order valence-electron chi connectivity index (χ1n) is 8.31. The summed E-state index contributed by atoms with van der Waals surface area (Å²) in [6.45, 7) is 4.53. The van der Waals surface area contributed by atoms with E-state index >= 15 is 0 Å². The third-order valence-corrected chi connectivity index (χ3v) is 4.59. The smallest absolute Gasteiger partial charge is 0.258 e. The largest absolute Gasteiger partial charge is 0.486 e. The predicted molar refractivity (Wildman–Crippen MR) is 87.6 cm³/mol. The Hall–Kier alpha value is -2.61. The molecule has 0 fully saturated rings. The van der Waals surface area contributed by atoms with Gasteiger partial charge in [0.05, 0.1) is 11.6 Å². The van der Waals surface area contributed by atoms with E-state index in [1.54, 1.807) is 18.1 Å². The van der Waals surface area contributed by atoms with Crippen LogP contribution in [0.1, 0.15) is 35.0 Å². The number of nitrogens with zero attached hydrogens (tertiary/aromatic N) is 4. The van der Waals surface area contributed by atoms with Crippen molar-refractivity contribution in [2.45, 2.75) is 26.1 Å². The Morgan fingerprint density at radius 2 is 2.12 bits per heavy atom. The molecule has 1 amide bonds. The molecule has 1 atom stereocenters. The maximum Gasteiger partial charge on any atom is 0.258 e. The average molecular weight is 344 g/mol. The van der Waals surface area contributed by atoms with Gasteiger partial charge in [0.1, 0.15) is 19.8 Å². The number of aromatic nitrogens is 3. The molecule has 132 valence electrons. The SMILES string of the molecule is COCc1nnc2n1CCN(C(=O)c1cccc3c1OCCO3)[C@H]2C. The summed E-state index contributed by atoms with van der Waals surface area (Å²) in [5.41, 5.74) is 0.522. The van der Waals surface area contributed by atoms with Crippen LogP contribution in [0.5, 0.6) is 11.5 Å². The Bertz CT molecular complexity index is 804. The van der Waals surface area contributed by atoms with E-state index in [-0.39, 0.29) is 11.9 Å². The Balaban J connectivity index is 1.63. The van der Waals surface area contributed by atoms with E-state index < -0.39 is 0 Å². The zero-order chi connectivity index (χ0) is 17.4. The van der Waals surface area contributed by atoms with Gasteiger partial charge in [-0.25, -0.2) is 0 Å². The lowest BCUT2D eigenvalue weighted by molar-refractivity contribution is 0.0623. The molecule has 0 N–H and O–H groups in total. The van der Waals surface area contributed by atoms with Gasteiger partial charge in [0.25, 0.3) is 5.91 Å². The molecule has 0 radical (unpaired) electrons. The lowest BCUT2D eigenvalue weighted by Crippen LogP contribution is -2.41. The summed E-state index contributed by atoms with van der Waals surface area (Å²) in [5.74, 6) is 2.61. The molecular formula is C17H20N4O4. The van der Waals surface area contributed by atoms with E-state index in [2.05, 4.69) is 10.2 Å². The Morgan fingerprint density at radius 3 is 2.96 bits per heavy atom. The van der Waals surface area contributed by atoms with E-state index in [9.17, 15) is 4.79 Å². The van der Waals surface area contributed by atoms with Crippen molar-refractivity contribution in [2.75, 3.05) is 26.9 Å². The molecule has 3 heterocycles. The van der Waals surface area contributed by atoms with Gasteiger partial charge in [-0.15, -0.1) is 10.2 Å². The van der Waals surface area contributed by atoms with Crippen LogP contribution in [0, 0.1) is 0 Å². The van der Waals surface area contributed by atoms with Crippen molar-refractivity contribution in [1.82, 2.24) is 19.7 Å². The second-order valence-electron chi connectivity index (χ2n) is 6.06. The quantitative estimate of drug-likeness (QED) is 0.838. The third kappa shape index (κ3) is 2.62. The number of benzene rings is 1. The zero-order valence-electron chi connectivity index (χ0n) is 14.3. The van der Waals surface area contributed by atoms with Crippen LogP contribution in [0.15, 0.2) is 18.2 Å². The summed E-state index contributed by atoms with van der Waals surface area (Å²) < 4.78 is 18.4. The number of ether oxygens (including phenoxy) is 3. The van der Waals surface area contributed by atoms with Gasteiger partial charge in [0, 0.05) is 20.2 Å². The summed E-state index contributed by atoms with van der Waals surface area (Å²) in [6, 6.07) is 5.23.